The summed E-state index contributed by atoms with van der Waals surface area (Å²) >= 11 is 0. The molecule has 1 aromatic rings. The van der Waals surface area contributed by atoms with E-state index in [0.29, 0.717) is 5.75 Å². The summed E-state index contributed by atoms with van der Waals surface area (Å²) in [7, 11) is -2.58. The van der Waals surface area contributed by atoms with Gasteiger partial charge in [0.25, 0.3) is 15.9 Å². The van der Waals surface area contributed by atoms with Crippen molar-refractivity contribution >= 4 is 15.9 Å². The zero-order valence-corrected chi connectivity index (χ0v) is 12.4. The quantitative estimate of drug-likeness (QED) is 0.434. The van der Waals surface area contributed by atoms with E-state index in [-0.39, 0.29) is 17.0 Å². The second kappa shape index (κ2) is 6.22. The molecule has 120 valence electrons. The molecule has 0 aliphatic carbocycles. The predicted molar refractivity (Wildman–Crippen MR) is 73.4 cm³/mol. The van der Waals surface area contributed by atoms with Gasteiger partial charge in [0, 0.05) is 12.6 Å². The maximum absolute atomic E-state index is 12.6. The molecule has 0 spiro atoms. The fourth-order valence-corrected chi connectivity index (χ4v) is 3.55. The van der Waals surface area contributed by atoms with Gasteiger partial charge in [0.2, 0.25) is 0 Å². The molecule has 4 N–H and O–H groups in total. The molecule has 1 aliphatic heterocycles. The Labute approximate surface area is 126 Å². The lowest BCUT2D eigenvalue weighted by Gasteiger charge is -2.23. The number of ether oxygens (including phenoxy) is 1. The number of hydroxylamine groups is 2. The molecule has 22 heavy (non-hydrogen) atoms. The number of sulfonamides is 1. The van der Waals surface area contributed by atoms with E-state index < -0.39 is 22.0 Å². The third kappa shape index (κ3) is 2.84. The number of amides is 1. The zero-order chi connectivity index (χ0) is 16.3. The van der Waals surface area contributed by atoms with E-state index in [1.807, 2.05) is 5.48 Å². The van der Waals surface area contributed by atoms with Gasteiger partial charge in [0.05, 0.1) is 17.7 Å². The number of methoxy groups -OCH3 is 1. The van der Waals surface area contributed by atoms with Crippen LogP contribution < -0.4 is 15.7 Å². The molecule has 1 atom stereocenters. The van der Waals surface area contributed by atoms with Crippen LogP contribution in [0.5, 0.6) is 5.75 Å². The summed E-state index contributed by atoms with van der Waals surface area (Å²) in [5.41, 5.74) is 3.36. The number of carbonyl (C=O) groups is 1. The van der Waals surface area contributed by atoms with Crippen LogP contribution in [-0.4, -0.2) is 42.2 Å². The minimum Gasteiger partial charge on any atom is -0.497 e. The summed E-state index contributed by atoms with van der Waals surface area (Å²) in [6.07, 6.45) is 0.998. The Bertz CT molecular complexity index is 685. The third-order valence-electron chi connectivity index (χ3n) is 3.19. The summed E-state index contributed by atoms with van der Waals surface area (Å²) in [5, 5.41) is 17.6. The molecule has 0 saturated heterocycles. The van der Waals surface area contributed by atoms with Gasteiger partial charge in [-0.1, -0.05) is 0 Å². The molecule has 1 heterocycles. The number of nitrogens with one attached hydrogen (secondary N) is 2. The van der Waals surface area contributed by atoms with Crippen LogP contribution in [0.25, 0.3) is 0 Å². The van der Waals surface area contributed by atoms with Gasteiger partial charge in [-0.2, -0.15) is 0 Å². The minimum atomic E-state index is -4.03. The highest BCUT2D eigenvalue weighted by Gasteiger charge is 2.38. The number of carbonyl (C=O) groups excluding carboxylic acids is 1. The van der Waals surface area contributed by atoms with E-state index >= 15 is 0 Å². The number of benzene rings is 1. The topological polar surface area (TPSA) is 128 Å². The first-order chi connectivity index (χ1) is 10.4. The molecular weight excluding hydrogens is 314 g/mol. The molecular formula is C12H15N3O6S. The van der Waals surface area contributed by atoms with E-state index in [4.69, 9.17) is 15.2 Å². The Hall–Kier alpha value is -2.30. The van der Waals surface area contributed by atoms with Gasteiger partial charge >= 0.3 is 0 Å². The monoisotopic (exact) mass is 329 g/mol. The first-order valence-electron chi connectivity index (χ1n) is 6.16. The highest BCUT2D eigenvalue weighted by atomic mass is 32.2. The Balaban J connectivity index is 2.40. The van der Waals surface area contributed by atoms with Crippen molar-refractivity contribution in [3.05, 3.63) is 36.2 Å². The Morgan fingerprint density at radius 3 is 2.45 bits per heavy atom. The van der Waals surface area contributed by atoms with Crippen molar-refractivity contribution in [1.82, 2.24) is 15.3 Å². The van der Waals surface area contributed by atoms with Gasteiger partial charge in [0.15, 0.2) is 0 Å². The van der Waals surface area contributed by atoms with Crippen molar-refractivity contribution < 1.29 is 28.4 Å². The molecule has 2 rings (SSSR count). The lowest BCUT2D eigenvalue weighted by Crippen LogP contribution is -2.43. The Kier molecular flexibility index (Phi) is 4.54. The minimum absolute atomic E-state index is 0.0560. The molecule has 0 aromatic heterocycles. The fourth-order valence-electron chi connectivity index (χ4n) is 2.06. The average Bonchev–Trinajstić information content (AvgIpc) is 2.99. The van der Waals surface area contributed by atoms with Crippen LogP contribution in [0.3, 0.4) is 0 Å². The average molecular weight is 329 g/mol. The highest BCUT2D eigenvalue weighted by molar-refractivity contribution is 7.89. The number of hydrogen-bond acceptors (Lipinski definition) is 7. The number of rotatable bonds is 5. The van der Waals surface area contributed by atoms with Crippen molar-refractivity contribution in [3.63, 3.8) is 0 Å². The second-order valence-corrected chi connectivity index (χ2v) is 6.32. The van der Waals surface area contributed by atoms with Gasteiger partial charge < -0.3 is 4.74 Å². The van der Waals surface area contributed by atoms with Crippen molar-refractivity contribution in [1.29, 1.82) is 0 Å². The maximum atomic E-state index is 12.6. The SMILES string of the molecule is COc1ccc(S(=O)(=O)N2C=C(NO)C[C@@H]2C(=O)NO)cc1. The van der Waals surface area contributed by atoms with Crippen LogP contribution in [0.1, 0.15) is 6.42 Å². The normalized spacial score (nSPS) is 17.9. The van der Waals surface area contributed by atoms with Gasteiger partial charge in [-0.05, 0) is 24.3 Å². The van der Waals surface area contributed by atoms with E-state index in [9.17, 15) is 13.2 Å². The lowest BCUT2D eigenvalue weighted by molar-refractivity contribution is -0.132. The molecule has 1 aliphatic rings. The molecule has 0 radical (unpaired) electrons. The van der Waals surface area contributed by atoms with E-state index in [0.717, 1.165) is 10.5 Å². The van der Waals surface area contributed by atoms with Gasteiger partial charge in [-0.15, -0.1) is 0 Å². The number of hydrogen-bond donors (Lipinski definition) is 4. The summed E-state index contributed by atoms with van der Waals surface area (Å²) < 4.78 is 30.9. The summed E-state index contributed by atoms with van der Waals surface area (Å²) in [5.74, 6) is -0.420. The standard InChI is InChI=1S/C12H15N3O6S/c1-21-9-2-4-10(5-3-9)22(19,20)15-7-8(13-17)6-11(15)12(16)14-18/h2-5,7,11,13,17-18H,6H2,1H3,(H,14,16)/t11-/m1/s1. The van der Waals surface area contributed by atoms with Crippen LogP contribution >= 0.6 is 0 Å². The highest BCUT2D eigenvalue weighted by Crippen LogP contribution is 2.28. The third-order valence-corrected chi connectivity index (χ3v) is 4.98. The second-order valence-electron chi connectivity index (χ2n) is 4.47. The molecule has 1 aromatic carbocycles. The van der Waals surface area contributed by atoms with Crippen LogP contribution in [0.4, 0.5) is 0 Å². The van der Waals surface area contributed by atoms with E-state index in [1.165, 1.54) is 36.9 Å². The van der Waals surface area contributed by atoms with E-state index in [1.54, 1.807) is 0 Å². The van der Waals surface area contributed by atoms with Gasteiger partial charge in [-0.25, -0.2) is 13.9 Å². The summed E-state index contributed by atoms with van der Waals surface area (Å²) in [6, 6.07) is 4.41. The van der Waals surface area contributed by atoms with Crippen LogP contribution in [0, 0.1) is 0 Å². The first kappa shape index (κ1) is 16.1. The molecule has 1 amide bonds. The smallest absolute Gasteiger partial charge is 0.267 e. The van der Waals surface area contributed by atoms with Crippen LogP contribution in [0.2, 0.25) is 0 Å². The van der Waals surface area contributed by atoms with Crippen molar-refractivity contribution in [2.45, 2.75) is 17.4 Å². The van der Waals surface area contributed by atoms with Gasteiger partial charge in [0.1, 0.15) is 11.8 Å². The Morgan fingerprint density at radius 2 is 1.95 bits per heavy atom. The summed E-state index contributed by atoms with van der Waals surface area (Å²) in [4.78, 5) is 11.6. The molecule has 9 nitrogen and oxygen atoms in total. The molecule has 0 saturated carbocycles. The molecule has 0 unspecified atom stereocenters. The van der Waals surface area contributed by atoms with E-state index in [2.05, 4.69) is 0 Å². The molecule has 0 bridgehead atoms. The zero-order valence-electron chi connectivity index (χ0n) is 11.6. The van der Waals surface area contributed by atoms with Crippen molar-refractivity contribution in [2.24, 2.45) is 0 Å². The molecule has 0 fully saturated rings. The molecule has 10 heteroatoms. The maximum Gasteiger partial charge on any atom is 0.267 e. The van der Waals surface area contributed by atoms with Crippen LogP contribution in [0.15, 0.2) is 41.1 Å². The Morgan fingerprint density at radius 1 is 1.32 bits per heavy atom. The van der Waals surface area contributed by atoms with Crippen molar-refractivity contribution in [2.75, 3.05) is 7.11 Å². The first-order valence-corrected chi connectivity index (χ1v) is 7.60. The fraction of sp³-hybridized carbons (Fsp3) is 0.250. The predicted octanol–water partition coefficient (Wildman–Crippen LogP) is -0.216. The van der Waals surface area contributed by atoms with Crippen molar-refractivity contribution in [3.8, 4) is 5.75 Å². The van der Waals surface area contributed by atoms with Gasteiger partial charge in [-0.3, -0.25) is 25.0 Å². The lowest BCUT2D eigenvalue weighted by atomic mass is 10.2. The van der Waals surface area contributed by atoms with Crippen LogP contribution in [-0.2, 0) is 14.8 Å². The number of nitrogens with zero attached hydrogens (tertiary/aromatic N) is 1. The summed E-state index contributed by atoms with van der Waals surface area (Å²) in [6.45, 7) is 0. The largest absolute Gasteiger partial charge is 0.497 e.